The van der Waals surface area contributed by atoms with Crippen LogP contribution in [-0.2, 0) is 0 Å². The van der Waals surface area contributed by atoms with Crippen molar-refractivity contribution in [3.63, 3.8) is 0 Å². The van der Waals surface area contributed by atoms with E-state index in [0.29, 0.717) is 11.7 Å². The second-order valence-electron chi connectivity index (χ2n) is 4.85. The number of nitrogen functional groups attached to an aromatic ring is 1. The summed E-state index contributed by atoms with van der Waals surface area (Å²) in [5.41, 5.74) is 7.70. The van der Waals surface area contributed by atoms with E-state index >= 15 is 0 Å². The molecule has 2 N–H and O–H groups in total. The summed E-state index contributed by atoms with van der Waals surface area (Å²) in [4.78, 5) is 12.5. The van der Waals surface area contributed by atoms with E-state index in [1.165, 1.54) is 0 Å². The van der Waals surface area contributed by atoms with E-state index in [2.05, 4.69) is 0 Å². The molecule has 1 fully saturated rings. The molecule has 0 spiro atoms. The molecule has 1 aromatic carbocycles. The van der Waals surface area contributed by atoms with Gasteiger partial charge in [-0.3, -0.25) is 4.79 Å². The molecule has 3 nitrogen and oxygen atoms in total. The van der Waals surface area contributed by atoms with Crippen molar-refractivity contribution in [2.24, 2.45) is 0 Å². The standard InChI is InChI=1S/C14H12N2OS.C2H6/c15-8-1-4-10-12(7-8)16(9-2-3-9)14(17)11-5-6-18-13(10)11;1-2/h1,4-7,9H,2-3,15H2;1-2H3. The maximum absolute atomic E-state index is 12.5. The first-order valence-electron chi connectivity index (χ1n) is 7.06. The highest BCUT2D eigenvalue weighted by Gasteiger charge is 2.27. The summed E-state index contributed by atoms with van der Waals surface area (Å²) in [5.74, 6) is 0. The Hall–Kier alpha value is -1.81. The van der Waals surface area contributed by atoms with E-state index in [-0.39, 0.29) is 5.56 Å². The first-order valence-corrected chi connectivity index (χ1v) is 7.94. The van der Waals surface area contributed by atoms with Gasteiger partial charge < -0.3 is 10.3 Å². The number of hydrogen-bond acceptors (Lipinski definition) is 3. The molecule has 2 heterocycles. The normalized spacial score (nSPS) is 14.3. The van der Waals surface area contributed by atoms with Crippen LogP contribution in [0.2, 0.25) is 0 Å². The number of hydrogen-bond donors (Lipinski definition) is 1. The summed E-state index contributed by atoms with van der Waals surface area (Å²) in [7, 11) is 0. The Labute approximate surface area is 121 Å². The van der Waals surface area contributed by atoms with Crippen LogP contribution in [0, 0.1) is 0 Å². The largest absolute Gasteiger partial charge is 0.399 e. The molecule has 20 heavy (non-hydrogen) atoms. The maximum Gasteiger partial charge on any atom is 0.260 e. The molecule has 0 radical (unpaired) electrons. The number of aromatic nitrogens is 1. The summed E-state index contributed by atoms with van der Waals surface area (Å²) in [5, 5.41) is 3.96. The summed E-state index contributed by atoms with van der Waals surface area (Å²) in [6.45, 7) is 4.00. The van der Waals surface area contributed by atoms with Gasteiger partial charge in [-0.2, -0.15) is 0 Å². The van der Waals surface area contributed by atoms with Crippen LogP contribution in [0.1, 0.15) is 32.7 Å². The van der Waals surface area contributed by atoms with Crippen molar-refractivity contribution < 1.29 is 0 Å². The number of anilines is 1. The highest BCUT2D eigenvalue weighted by atomic mass is 32.1. The molecule has 0 bridgehead atoms. The fraction of sp³-hybridized carbons (Fsp3) is 0.312. The first-order chi connectivity index (χ1) is 9.75. The summed E-state index contributed by atoms with van der Waals surface area (Å²) in [6, 6.07) is 8.15. The molecule has 4 heteroatoms. The van der Waals surface area contributed by atoms with Crippen molar-refractivity contribution in [2.45, 2.75) is 32.7 Å². The molecule has 0 atom stereocenters. The quantitative estimate of drug-likeness (QED) is 0.683. The molecule has 3 aromatic rings. The predicted molar refractivity (Wildman–Crippen MR) is 87.6 cm³/mol. The molecule has 1 aliphatic carbocycles. The topological polar surface area (TPSA) is 48.0 Å². The highest BCUT2D eigenvalue weighted by Crippen LogP contribution is 2.38. The van der Waals surface area contributed by atoms with Gasteiger partial charge in [0.1, 0.15) is 0 Å². The predicted octanol–water partition coefficient (Wildman–Crippen LogP) is 4.16. The van der Waals surface area contributed by atoms with Crippen LogP contribution >= 0.6 is 11.3 Å². The lowest BCUT2D eigenvalue weighted by Crippen LogP contribution is -2.19. The van der Waals surface area contributed by atoms with E-state index in [1.807, 2.05) is 48.1 Å². The molecular formula is C16H18N2OS. The van der Waals surface area contributed by atoms with Gasteiger partial charge in [0.15, 0.2) is 0 Å². The lowest BCUT2D eigenvalue weighted by Gasteiger charge is -2.10. The zero-order chi connectivity index (χ0) is 14.3. The third-order valence-corrected chi connectivity index (χ3v) is 4.50. The Kier molecular flexibility index (Phi) is 3.26. The number of nitrogens with two attached hydrogens (primary N) is 1. The van der Waals surface area contributed by atoms with E-state index in [9.17, 15) is 4.79 Å². The van der Waals surface area contributed by atoms with Crippen molar-refractivity contribution in [2.75, 3.05) is 5.73 Å². The second-order valence-corrected chi connectivity index (χ2v) is 5.76. The van der Waals surface area contributed by atoms with E-state index < -0.39 is 0 Å². The fourth-order valence-corrected chi connectivity index (χ4v) is 3.48. The van der Waals surface area contributed by atoms with Gasteiger partial charge in [-0.1, -0.05) is 13.8 Å². The minimum absolute atomic E-state index is 0.131. The van der Waals surface area contributed by atoms with Gasteiger partial charge in [0.05, 0.1) is 10.9 Å². The van der Waals surface area contributed by atoms with Gasteiger partial charge in [0.2, 0.25) is 0 Å². The molecule has 0 aliphatic heterocycles. The smallest absolute Gasteiger partial charge is 0.260 e. The number of benzene rings is 1. The van der Waals surface area contributed by atoms with Crippen molar-refractivity contribution in [1.29, 1.82) is 0 Å². The highest BCUT2D eigenvalue weighted by molar-refractivity contribution is 7.18. The van der Waals surface area contributed by atoms with Crippen LogP contribution in [0.5, 0.6) is 0 Å². The van der Waals surface area contributed by atoms with E-state index in [0.717, 1.165) is 33.8 Å². The number of pyridine rings is 1. The SMILES string of the molecule is CC.Nc1ccc2c3sccc3c(=O)n(C3CC3)c2c1. The lowest BCUT2D eigenvalue weighted by atomic mass is 10.1. The fourth-order valence-electron chi connectivity index (χ4n) is 2.56. The van der Waals surface area contributed by atoms with Crippen LogP contribution in [0.3, 0.4) is 0 Å². The molecular weight excluding hydrogens is 268 g/mol. The van der Waals surface area contributed by atoms with Gasteiger partial charge in [0, 0.05) is 21.8 Å². The third-order valence-electron chi connectivity index (χ3n) is 3.55. The Bertz CT molecular complexity index is 827. The van der Waals surface area contributed by atoms with Crippen molar-refractivity contribution in [3.8, 4) is 0 Å². The first kappa shape index (κ1) is 13.2. The van der Waals surface area contributed by atoms with Crippen molar-refractivity contribution in [3.05, 3.63) is 40.0 Å². The monoisotopic (exact) mass is 286 g/mol. The van der Waals surface area contributed by atoms with Crippen LogP contribution in [0.15, 0.2) is 34.4 Å². The molecule has 0 unspecified atom stereocenters. The van der Waals surface area contributed by atoms with Crippen molar-refractivity contribution >= 4 is 38.0 Å². The van der Waals surface area contributed by atoms with Gasteiger partial charge >= 0.3 is 0 Å². The van der Waals surface area contributed by atoms with Gasteiger partial charge in [-0.15, -0.1) is 11.3 Å². The van der Waals surface area contributed by atoms with Gasteiger partial charge in [0.25, 0.3) is 5.56 Å². The Morgan fingerprint density at radius 1 is 1.20 bits per heavy atom. The van der Waals surface area contributed by atoms with E-state index in [4.69, 9.17) is 5.73 Å². The molecule has 4 rings (SSSR count). The van der Waals surface area contributed by atoms with Crippen LogP contribution < -0.4 is 11.3 Å². The Morgan fingerprint density at radius 2 is 1.95 bits per heavy atom. The molecule has 104 valence electrons. The Morgan fingerprint density at radius 3 is 2.65 bits per heavy atom. The van der Waals surface area contributed by atoms with Crippen molar-refractivity contribution in [1.82, 2.24) is 4.57 Å². The Balaban J connectivity index is 0.000000581. The summed E-state index contributed by atoms with van der Waals surface area (Å²) < 4.78 is 3.01. The third kappa shape index (κ3) is 1.91. The summed E-state index contributed by atoms with van der Waals surface area (Å²) >= 11 is 1.62. The molecule has 0 amide bonds. The van der Waals surface area contributed by atoms with Gasteiger partial charge in [-0.25, -0.2) is 0 Å². The second kappa shape index (κ2) is 4.94. The number of thiophene rings is 1. The summed E-state index contributed by atoms with van der Waals surface area (Å²) in [6.07, 6.45) is 2.19. The minimum atomic E-state index is 0.131. The average Bonchev–Trinajstić information content (AvgIpc) is 3.17. The number of fused-ring (bicyclic) bond motifs is 3. The zero-order valence-electron chi connectivity index (χ0n) is 11.7. The maximum atomic E-state index is 12.5. The van der Waals surface area contributed by atoms with Crippen LogP contribution in [0.25, 0.3) is 21.0 Å². The minimum Gasteiger partial charge on any atom is -0.399 e. The number of nitrogens with zero attached hydrogens (tertiary/aromatic N) is 1. The molecule has 1 aliphatic rings. The average molecular weight is 286 g/mol. The van der Waals surface area contributed by atoms with Crippen LogP contribution in [0.4, 0.5) is 5.69 Å². The molecule has 2 aromatic heterocycles. The zero-order valence-corrected chi connectivity index (χ0v) is 12.5. The lowest BCUT2D eigenvalue weighted by molar-refractivity contribution is 0.746. The van der Waals surface area contributed by atoms with Gasteiger partial charge in [-0.05, 0) is 42.5 Å². The molecule has 1 saturated carbocycles. The van der Waals surface area contributed by atoms with Crippen LogP contribution in [-0.4, -0.2) is 4.57 Å². The molecule has 0 saturated heterocycles. The van der Waals surface area contributed by atoms with E-state index in [1.54, 1.807) is 11.3 Å². The number of rotatable bonds is 1.